The highest BCUT2D eigenvalue weighted by Gasteiger charge is 2.09. The maximum Gasteiger partial charge on any atom is 0.147 e. The Kier molecular flexibility index (Phi) is 3.02. The summed E-state index contributed by atoms with van der Waals surface area (Å²) in [5, 5.41) is 3.04. The van der Waals surface area contributed by atoms with Crippen molar-refractivity contribution in [3.8, 4) is 0 Å². The molecule has 0 bridgehead atoms. The summed E-state index contributed by atoms with van der Waals surface area (Å²) in [6.07, 6.45) is 4.54. The summed E-state index contributed by atoms with van der Waals surface area (Å²) in [4.78, 5) is 8.49. The fourth-order valence-corrected chi connectivity index (χ4v) is 1.10. The molecule has 1 atom stereocenters. The lowest BCUT2D eigenvalue weighted by Crippen LogP contribution is -2.03. The van der Waals surface area contributed by atoms with Crippen molar-refractivity contribution >= 4 is 5.82 Å². The van der Waals surface area contributed by atoms with E-state index in [0.717, 1.165) is 17.9 Å². The first-order chi connectivity index (χ1) is 5.79. The van der Waals surface area contributed by atoms with E-state index in [1.54, 1.807) is 12.4 Å². The van der Waals surface area contributed by atoms with Crippen molar-refractivity contribution in [2.75, 3.05) is 12.4 Å². The number of nitrogens with one attached hydrogen (secondary N) is 1. The van der Waals surface area contributed by atoms with Crippen molar-refractivity contribution in [3.05, 3.63) is 18.1 Å². The Morgan fingerprint density at radius 1 is 1.42 bits per heavy atom. The Bertz CT molecular complexity index is 247. The van der Waals surface area contributed by atoms with Crippen molar-refractivity contribution < 1.29 is 0 Å². The molecule has 0 spiro atoms. The highest BCUT2D eigenvalue weighted by molar-refractivity contribution is 5.40. The molecule has 1 unspecified atom stereocenters. The lowest BCUT2D eigenvalue weighted by atomic mass is 10.1. The van der Waals surface area contributed by atoms with Gasteiger partial charge in [-0.05, 0) is 6.42 Å². The van der Waals surface area contributed by atoms with Gasteiger partial charge in [-0.25, -0.2) is 4.98 Å². The van der Waals surface area contributed by atoms with Crippen molar-refractivity contribution in [1.82, 2.24) is 9.97 Å². The molecule has 66 valence electrons. The second-order valence-electron chi connectivity index (χ2n) is 2.85. The molecule has 12 heavy (non-hydrogen) atoms. The SMILES string of the molecule is CCC(C)c1nccnc1NC. The average Bonchev–Trinajstić information content (AvgIpc) is 2.16. The second kappa shape index (κ2) is 4.04. The molecule has 0 aliphatic heterocycles. The summed E-state index contributed by atoms with van der Waals surface area (Å²) in [5.74, 6) is 1.37. The first-order valence-corrected chi connectivity index (χ1v) is 4.28. The zero-order valence-electron chi connectivity index (χ0n) is 7.83. The molecule has 0 saturated carbocycles. The summed E-state index contributed by atoms with van der Waals surface area (Å²) in [6, 6.07) is 0. The standard InChI is InChI=1S/C9H15N3/c1-4-7(2)8-9(10-3)12-6-5-11-8/h5-7H,4H2,1-3H3,(H,10,12). The Morgan fingerprint density at radius 3 is 2.67 bits per heavy atom. The van der Waals surface area contributed by atoms with Crippen LogP contribution in [-0.2, 0) is 0 Å². The monoisotopic (exact) mass is 165 g/mol. The summed E-state index contributed by atoms with van der Waals surface area (Å²) in [5.41, 5.74) is 1.06. The van der Waals surface area contributed by atoms with Crippen LogP contribution in [0.4, 0.5) is 5.82 Å². The third-order valence-electron chi connectivity index (χ3n) is 2.04. The van der Waals surface area contributed by atoms with Gasteiger partial charge in [0.2, 0.25) is 0 Å². The third-order valence-corrected chi connectivity index (χ3v) is 2.04. The highest BCUT2D eigenvalue weighted by Crippen LogP contribution is 2.21. The number of hydrogen-bond donors (Lipinski definition) is 1. The number of hydrogen-bond acceptors (Lipinski definition) is 3. The van der Waals surface area contributed by atoms with Gasteiger partial charge in [-0.15, -0.1) is 0 Å². The van der Waals surface area contributed by atoms with Crippen LogP contribution in [0.25, 0.3) is 0 Å². The van der Waals surface area contributed by atoms with Gasteiger partial charge in [0.15, 0.2) is 0 Å². The van der Waals surface area contributed by atoms with Crippen LogP contribution < -0.4 is 5.32 Å². The van der Waals surface area contributed by atoms with Crippen LogP contribution in [0.5, 0.6) is 0 Å². The molecule has 1 heterocycles. The van der Waals surface area contributed by atoms with Gasteiger partial charge >= 0.3 is 0 Å². The summed E-state index contributed by atoms with van der Waals surface area (Å²) in [7, 11) is 1.87. The normalized spacial score (nSPS) is 12.6. The average molecular weight is 165 g/mol. The minimum absolute atomic E-state index is 0.473. The fourth-order valence-electron chi connectivity index (χ4n) is 1.10. The first kappa shape index (κ1) is 8.97. The van der Waals surface area contributed by atoms with E-state index in [1.807, 2.05) is 7.05 Å². The molecular weight excluding hydrogens is 150 g/mol. The van der Waals surface area contributed by atoms with E-state index in [2.05, 4.69) is 29.1 Å². The summed E-state index contributed by atoms with van der Waals surface area (Å²) in [6.45, 7) is 4.31. The quantitative estimate of drug-likeness (QED) is 0.744. The molecule has 1 N–H and O–H groups in total. The fraction of sp³-hybridized carbons (Fsp3) is 0.556. The Hall–Kier alpha value is -1.12. The lowest BCUT2D eigenvalue weighted by molar-refractivity contribution is 0.705. The van der Waals surface area contributed by atoms with Crippen LogP contribution in [0.2, 0.25) is 0 Å². The Labute approximate surface area is 73.2 Å². The molecule has 0 fully saturated rings. The van der Waals surface area contributed by atoms with Gasteiger partial charge in [0.05, 0.1) is 5.69 Å². The van der Waals surface area contributed by atoms with E-state index in [0.29, 0.717) is 5.92 Å². The maximum absolute atomic E-state index is 4.30. The predicted molar refractivity (Wildman–Crippen MR) is 50.3 cm³/mol. The van der Waals surface area contributed by atoms with E-state index >= 15 is 0 Å². The number of nitrogens with zero attached hydrogens (tertiary/aromatic N) is 2. The number of aromatic nitrogens is 2. The molecule has 0 saturated heterocycles. The molecule has 0 amide bonds. The lowest BCUT2D eigenvalue weighted by Gasteiger charge is -2.11. The molecule has 1 aromatic heterocycles. The third kappa shape index (κ3) is 1.72. The van der Waals surface area contributed by atoms with Crippen molar-refractivity contribution in [3.63, 3.8) is 0 Å². The Balaban J connectivity index is 2.96. The minimum atomic E-state index is 0.473. The molecule has 1 aromatic rings. The van der Waals surface area contributed by atoms with Crippen molar-refractivity contribution in [1.29, 1.82) is 0 Å². The molecule has 0 radical (unpaired) electrons. The largest absolute Gasteiger partial charge is 0.372 e. The van der Waals surface area contributed by atoms with Gasteiger partial charge in [0, 0.05) is 25.4 Å². The Morgan fingerprint density at radius 2 is 2.08 bits per heavy atom. The predicted octanol–water partition coefficient (Wildman–Crippen LogP) is 2.03. The molecular formula is C9H15N3. The topological polar surface area (TPSA) is 37.8 Å². The van der Waals surface area contributed by atoms with Crippen LogP contribution in [0.1, 0.15) is 31.9 Å². The molecule has 1 rings (SSSR count). The van der Waals surface area contributed by atoms with Crippen molar-refractivity contribution in [2.45, 2.75) is 26.2 Å². The van der Waals surface area contributed by atoms with Crippen LogP contribution in [-0.4, -0.2) is 17.0 Å². The highest BCUT2D eigenvalue weighted by atomic mass is 15.0. The van der Waals surface area contributed by atoms with Crippen LogP contribution in [0.3, 0.4) is 0 Å². The van der Waals surface area contributed by atoms with Crippen LogP contribution in [0, 0.1) is 0 Å². The van der Waals surface area contributed by atoms with E-state index in [4.69, 9.17) is 0 Å². The van der Waals surface area contributed by atoms with Gasteiger partial charge < -0.3 is 5.32 Å². The van der Waals surface area contributed by atoms with E-state index in [9.17, 15) is 0 Å². The summed E-state index contributed by atoms with van der Waals surface area (Å²) < 4.78 is 0. The zero-order valence-corrected chi connectivity index (χ0v) is 7.83. The van der Waals surface area contributed by atoms with Crippen LogP contribution >= 0.6 is 0 Å². The van der Waals surface area contributed by atoms with Gasteiger partial charge in [0.25, 0.3) is 0 Å². The first-order valence-electron chi connectivity index (χ1n) is 4.28. The molecule has 3 nitrogen and oxygen atoms in total. The van der Waals surface area contributed by atoms with E-state index in [-0.39, 0.29) is 0 Å². The number of anilines is 1. The zero-order chi connectivity index (χ0) is 8.97. The second-order valence-corrected chi connectivity index (χ2v) is 2.85. The number of rotatable bonds is 3. The van der Waals surface area contributed by atoms with E-state index < -0.39 is 0 Å². The molecule has 0 aromatic carbocycles. The van der Waals surface area contributed by atoms with Gasteiger partial charge in [-0.2, -0.15) is 0 Å². The van der Waals surface area contributed by atoms with Crippen molar-refractivity contribution in [2.24, 2.45) is 0 Å². The molecule has 0 aliphatic rings. The maximum atomic E-state index is 4.30. The van der Waals surface area contributed by atoms with Gasteiger partial charge in [-0.1, -0.05) is 13.8 Å². The van der Waals surface area contributed by atoms with Gasteiger partial charge in [-0.3, -0.25) is 4.98 Å². The molecule has 0 aliphatic carbocycles. The minimum Gasteiger partial charge on any atom is -0.372 e. The summed E-state index contributed by atoms with van der Waals surface area (Å²) >= 11 is 0. The van der Waals surface area contributed by atoms with E-state index in [1.165, 1.54) is 0 Å². The van der Waals surface area contributed by atoms with Crippen LogP contribution in [0.15, 0.2) is 12.4 Å². The molecule has 3 heteroatoms. The smallest absolute Gasteiger partial charge is 0.147 e. The van der Waals surface area contributed by atoms with Gasteiger partial charge in [0.1, 0.15) is 5.82 Å².